The average Bonchev–Trinajstić information content (AvgIpc) is 2.65. The predicted octanol–water partition coefficient (Wildman–Crippen LogP) is 3.64. The van der Waals surface area contributed by atoms with Crippen LogP contribution in [0.3, 0.4) is 0 Å². The molecule has 2 aromatic carbocycles. The van der Waals surface area contributed by atoms with E-state index in [2.05, 4.69) is 10.9 Å². The quantitative estimate of drug-likeness (QED) is 0.555. The first kappa shape index (κ1) is 20.4. The summed E-state index contributed by atoms with van der Waals surface area (Å²) in [7, 11) is 1.54. The molecule has 144 valence electrons. The number of hydrazine groups is 1. The van der Waals surface area contributed by atoms with Gasteiger partial charge in [0, 0.05) is 11.4 Å². The highest BCUT2D eigenvalue weighted by molar-refractivity contribution is 6.30. The van der Waals surface area contributed by atoms with Crippen molar-refractivity contribution in [3.63, 3.8) is 0 Å². The van der Waals surface area contributed by atoms with Crippen LogP contribution in [0.5, 0.6) is 17.2 Å². The van der Waals surface area contributed by atoms with E-state index >= 15 is 0 Å². The fraction of sp³-hybridized carbons (Fsp3) is 0.263. The molecule has 2 aromatic rings. The second-order valence-electron chi connectivity index (χ2n) is 5.60. The number of carbonyl (C=O) groups excluding carboxylic acids is 2. The van der Waals surface area contributed by atoms with E-state index in [0.29, 0.717) is 29.5 Å². The summed E-state index contributed by atoms with van der Waals surface area (Å²) in [6.07, 6.45) is -0.111. The molecule has 0 aliphatic heterocycles. The normalized spacial score (nSPS) is 10.0. The highest BCUT2D eigenvalue weighted by atomic mass is 35.5. The minimum Gasteiger partial charge on any atom is -0.497 e. The van der Waals surface area contributed by atoms with Crippen LogP contribution in [0.1, 0.15) is 18.4 Å². The van der Waals surface area contributed by atoms with Gasteiger partial charge in [0.25, 0.3) is 0 Å². The van der Waals surface area contributed by atoms with Gasteiger partial charge in [-0.3, -0.25) is 10.2 Å². The van der Waals surface area contributed by atoms with Gasteiger partial charge in [-0.25, -0.2) is 10.2 Å². The fourth-order valence-corrected chi connectivity index (χ4v) is 2.38. The van der Waals surface area contributed by atoms with Crippen LogP contribution < -0.4 is 25.1 Å². The molecule has 27 heavy (non-hydrogen) atoms. The van der Waals surface area contributed by atoms with Gasteiger partial charge in [-0.2, -0.15) is 0 Å². The molecule has 0 aliphatic rings. The monoisotopic (exact) mass is 392 g/mol. The van der Waals surface area contributed by atoms with E-state index in [4.69, 9.17) is 25.8 Å². The molecule has 0 heterocycles. The van der Waals surface area contributed by atoms with Crippen molar-refractivity contribution in [1.29, 1.82) is 0 Å². The second kappa shape index (κ2) is 10.3. The third-order valence-corrected chi connectivity index (χ3v) is 3.75. The summed E-state index contributed by atoms with van der Waals surface area (Å²) in [6.45, 7) is 2.26. The maximum Gasteiger partial charge on any atom is 0.431 e. The third-order valence-electron chi connectivity index (χ3n) is 3.52. The number of hydrogen-bond donors (Lipinski definition) is 2. The lowest BCUT2D eigenvalue weighted by Gasteiger charge is -2.10. The van der Waals surface area contributed by atoms with Crippen molar-refractivity contribution in [2.75, 3.05) is 13.7 Å². The minimum atomic E-state index is -0.790. The molecule has 0 fully saturated rings. The summed E-state index contributed by atoms with van der Waals surface area (Å²) in [5.74, 6) is 1.35. The van der Waals surface area contributed by atoms with E-state index in [1.165, 1.54) is 0 Å². The maximum atomic E-state index is 11.7. The molecule has 0 bridgehead atoms. The standard InChI is InChI=1S/C19H21ClN2O5/c1-13-12-14(20)5-10-17(13)26-11-3-4-18(23)21-22-19(24)27-16-8-6-15(25-2)7-9-16/h5-10,12H,3-4,11H2,1-2H3,(H,21,23)(H,22,24). The van der Waals surface area contributed by atoms with Crippen LogP contribution in [-0.4, -0.2) is 25.7 Å². The van der Waals surface area contributed by atoms with Gasteiger partial charge in [0.1, 0.15) is 17.2 Å². The summed E-state index contributed by atoms with van der Waals surface area (Å²) in [5.41, 5.74) is 5.39. The van der Waals surface area contributed by atoms with Gasteiger partial charge < -0.3 is 14.2 Å². The van der Waals surface area contributed by atoms with Crippen LogP contribution in [0.2, 0.25) is 5.02 Å². The smallest absolute Gasteiger partial charge is 0.431 e. The Hall–Kier alpha value is -2.93. The topological polar surface area (TPSA) is 85.9 Å². The fourth-order valence-electron chi connectivity index (χ4n) is 2.15. The predicted molar refractivity (Wildman–Crippen MR) is 101 cm³/mol. The zero-order valence-corrected chi connectivity index (χ0v) is 15.8. The summed E-state index contributed by atoms with van der Waals surface area (Å²) in [4.78, 5) is 23.4. The number of rotatable bonds is 7. The van der Waals surface area contributed by atoms with E-state index in [-0.39, 0.29) is 12.3 Å². The first-order valence-electron chi connectivity index (χ1n) is 8.27. The number of amides is 2. The van der Waals surface area contributed by atoms with Crippen molar-refractivity contribution in [3.8, 4) is 17.2 Å². The number of carbonyl (C=O) groups is 2. The summed E-state index contributed by atoms with van der Waals surface area (Å²) in [6, 6.07) is 11.8. The van der Waals surface area contributed by atoms with E-state index in [1.807, 2.05) is 13.0 Å². The molecular formula is C19H21ClN2O5. The van der Waals surface area contributed by atoms with Gasteiger partial charge in [0.05, 0.1) is 13.7 Å². The lowest BCUT2D eigenvalue weighted by molar-refractivity contribution is -0.122. The SMILES string of the molecule is COc1ccc(OC(=O)NNC(=O)CCCOc2ccc(Cl)cc2C)cc1. The zero-order chi connectivity index (χ0) is 19.6. The molecule has 0 unspecified atom stereocenters. The molecule has 8 heteroatoms. The molecule has 7 nitrogen and oxygen atoms in total. The lowest BCUT2D eigenvalue weighted by Crippen LogP contribution is -2.43. The van der Waals surface area contributed by atoms with E-state index in [9.17, 15) is 9.59 Å². The number of methoxy groups -OCH3 is 1. The molecule has 0 spiro atoms. The Morgan fingerprint density at radius 3 is 2.41 bits per heavy atom. The Morgan fingerprint density at radius 2 is 1.74 bits per heavy atom. The highest BCUT2D eigenvalue weighted by Crippen LogP contribution is 2.22. The molecular weight excluding hydrogens is 372 g/mol. The number of aryl methyl sites for hydroxylation is 1. The van der Waals surface area contributed by atoms with Gasteiger partial charge in [-0.1, -0.05) is 11.6 Å². The molecule has 0 atom stereocenters. The molecule has 0 saturated heterocycles. The van der Waals surface area contributed by atoms with Gasteiger partial charge >= 0.3 is 6.09 Å². The Labute approximate surface area is 162 Å². The molecule has 0 saturated carbocycles. The van der Waals surface area contributed by atoms with Crippen LogP contribution in [0.25, 0.3) is 0 Å². The molecule has 0 aliphatic carbocycles. The average molecular weight is 393 g/mol. The van der Waals surface area contributed by atoms with Crippen molar-refractivity contribution in [1.82, 2.24) is 10.9 Å². The van der Waals surface area contributed by atoms with Crippen LogP contribution in [-0.2, 0) is 4.79 Å². The van der Waals surface area contributed by atoms with Crippen LogP contribution >= 0.6 is 11.6 Å². The Bertz CT molecular complexity index is 780. The van der Waals surface area contributed by atoms with E-state index in [1.54, 1.807) is 43.5 Å². The summed E-state index contributed by atoms with van der Waals surface area (Å²) in [5, 5.41) is 0.645. The number of ether oxygens (including phenoxy) is 3. The lowest BCUT2D eigenvalue weighted by atomic mass is 10.2. The van der Waals surface area contributed by atoms with Crippen molar-refractivity contribution >= 4 is 23.6 Å². The van der Waals surface area contributed by atoms with Gasteiger partial charge in [0.2, 0.25) is 5.91 Å². The number of benzene rings is 2. The van der Waals surface area contributed by atoms with E-state index < -0.39 is 6.09 Å². The molecule has 2 rings (SSSR count). The minimum absolute atomic E-state index is 0.190. The first-order valence-corrected chi connectivity index (χ1v) is 8.65. The zero-order valence-electron chi connectivity index (χ0n) is 15.1. The van der Waals surface area contributed by atoms with Gasteiger partial charge in [-0.05, 0) is 61.4 Å². The number of nitrogens with one attached hydrogen (secondary N) is 2. The molecule has 2 amide bonds. The van der Waals surface area contributed by atoms with Crippen LogP contribution in [0, 0.1) is 6.92 Å². The van der Waals surface area contributed by atoms with Crippen molar-refractivity contribution < 1.29 is 23.8 Å². The summed E-state index contributed by atoms with van der Waals surface area (Å²) >= 11 is 5.89. The van der Waals surface area contributed by atoms with Gasteiger partial charge in [-0.15, -0.1) is 0 Å². The molecule has 2 N–H and O–H groups in total. The second-order valence-corrected chi connectivity index (χ2v) is 6.04. The highest BCUT2D eigenvalue weighted by Gasteiger charge is 2.07. The number of hydrogen-bond acceptors (Lipinski definition) is 5. The van der Waals surface area contributed by atoms with Crippen molar-refractivity contribution in [3.05, 3.63) is 53.1 Å². The first-order chi connectivity index (χ1) is 13.0. The Morgan fingerprint density at radius 1 is 1.04 bits per heavy atom. The third kappa shape index (κ3) is 7.07. The van der Waals surface area contributed by atoms with Crippen molar-refractivity contribution in [2.45, 2.75) is 19.8 Å². The van der Waals surface area contributed by atoms with Crippen LogP contribution in [0.4, 0.5) is 4.79 Å². The summed E-state index contributed by atoms with van der Waals surface area (Å²) < 4.78 is 15.6. The Balaban J connectivity index is 1.63. The Kier molecular flexibility index (Phi) is 7.76. The number of halogens is 1. The molecule has 0 radical (unpaired) electrons. The van der Waals surface area contributed by atoms with Crippen molar-refractivity contribution in [2.24, 2.45) is 0 Å². The van der Waals surface area contributed by atoms with E-state index in [0.717, 1.165) is 11.3 Å². The van der Waals surface area contributed by atoms with Crippen LogP contribution in [0.15, 0.2) is 42.5 Å². The largest absolute Gasteiger partial charge is 0.497 e. The maximum absolute atomic E-state index is 11.7. The van der Waals surface area contributed by atoms with Gasteiger partial charge in [0.15, 0.2) is 0 Å². The molecule has 0 aromatic heterocycles.